The van der Waals surface area contributed by atoms with Gasteiger partial charge in [0.15, 0.2) is 0 Å². The molecule has 0 saturated heterocycles. The third kappa shape index (κ3) is 3.58. The zero-order valence-corrected chi connectivity index (χ0v) is 11.0. The quantitative estimate of drug-likeness (QED) is 0.664. The second-order valence-electron chi connectivity index (χ2n) is 5.19. The molecule has 0 amide bonds. The minimum absolute atomic E-state index is 0.321. The number of rotatable bonds is 7. The molecule has 0 aromatic rings. The molecule has 0 radical (unpaired) electrons. The molecule has 1 fully saturated rings. The molecule has 0 aliphatic heterocycles. The van der Waals surface area contributed by atoms with Crippen molar-refractivity contribution in [3.8, 4) is 0 Å². The summed E-state index contributed by atoms with van der Waals surface area (Å²) in [5.41, 5.74) is 0. The van der Waals surface area contributed by atoms with Crippen LogP contribution in [0.15, 0.2) is 0 Å². The zero-order chi connectivity index (χ0) is 12.0. The van der Waals surface area contributed by atoms with Gasteiger partial charge >= 0.3 is 0 Å². The molecule has 3 unspecified atom stereocenters. The molecule has 0 bridgehead atoms. The first-order valence-corrected chi connectivity index (χ1v) is 6.72. The van der Waals surface area contributed by atoms with Gasteiger partial charge in [0.05, 0.1) is 0 Å². The van der Waals surface area contributed by atoms with E-state index in [1.165, 1.54) is 12.8 Å². The number of Topliss-reactive ketones (excluding diaryl/α,β-unsaturated/α-hetero) is 1. The lowest BCUT2D eigenvalue weighted by Crippen LogP contribution is -2.24. The van der Waals surface area contributed by atoms with E-state index in [4.69, 9.17) is 4.74 Å². The van der Waals surface area contributed by atoms with Crippen LogP contribution in [0.2, 0.25) is 0 Å². The van der Waals surface area contributed by atoms with Crippen LogP contribution in [0.25, 0.3) is 0 Å². The van der Waals surface area contributed by atoms with Gasteiger partial charge in [0.25, 0.3) is 0 Å². The fraction of sp³-hybridized carbons (Fsp3) is 0.929. The molecule has 2 nitrogen and oxygen atoms in total. The minimum atomic E-state index is 0.321. The Morgan fingerprint density at radius 3 is 2.75 bits per heavy atom. The van der Waals surface area contributed by atoms with E-state index in [1.807, 2.05) is 0 Å². The van der Waals surface area contributed by atoms with E-state index in [1.54, 1.807) is 7.11 Å². The van der Waals surface area contributed by atoms with Crippen LogP contribution >= 0.6 is 0 Å². The smallest absolute Gasteiger partial charge is 0.136 e. The van der Waals surface area contributed by atoms with Crippen molar-refractivity contribution in [2.75, 3.05) is 13.7 Å². The first-order valence-electron chi connectivity index (χ1n) is 6.72. The third-order valence-electron chi connectivity index (χ3n) is 3.95. The average molecular weight is 226 g/mol. The molecular formula is C14H26O2. The normalized spacial score (nSPS) is 29.6. The lowest BCUT2D eigenvalue weighted by atomic mass is 9.83. The highest BCUT2D eigenvalue weighted by Gasteiger charge is 2.37. The number of methoxy groups -OCH3 is 1. The molecule has 0 aromatic carbocycles. The van der Waals surface area contributed by atoms with Gasteiger partial charge in [0.1, 0.15) is 5.78 Å². The molecule has 1 saturated carbocycles. The molecule has 1 rings (SSSR count). The van der Waals surface area contributed by atoms with Crippen molar-refractivity contribution in [2.24, 2.45) is 17.8 Å². The number of carbonyl (C=O) groups excluding carboxylic acids is 1. The van der Waals surface area contributed by atoms with Crippen LogP contribution in [-0.2, 0) is 9.53 Å². The van der Waals surface area contributed by atoms with E-state index in [2.05, 4.69) is 13.8 Å². The number of hydrogen-bond acceptors (Lipinski definition) is 2. The first-order chi connectivity index (χ1) is 7.70. The lowest BCUT2D eigenvalue weighted by molar-refractivity contribution is -0.125. The van der Waals surface area contributed by atoms with Crippen molar-refractivity contribution >= 4 is 5.78 Å². The van der Waals surface area contributed by atoms with Crippen LogP contribution in [0.4, 0.5) is 0 Å². The Labute approximate surface area is 99.8 Å². The number of unbranched alkanes of at least 4 members (excludes halogenated alkanes) is 1. The molecular weight excluding hydrogens is 200 g/mol. The Balaban J connectivity index is 2.48. The summed E-state index contributed by atoms with van der Waals surface area (Å²) >= 11 is 0. The van der Waals surface area contributed by atoms with Crippen molar-refractivity contribution in [2.45, 2.75) is 52.4 Å². The Kier molecular flexibility index (Phi) is 6.04. The minimum Gasteiger partial charge on any atom is -0.385 e. The van der Waals surface area contributed by atoms with Crippen molar-refractivity contribution in [1.82, 2.24) is 0 Å². The van der Waals surface area contributed by atoms with Gasteiger partial charge in [-0.15, -0.1) is 0 Å². The van der Waals surface area contributed by atoms with Gasteiger partial charge < -0.3 is 4.74 Å². The molecule has 1 aliphatic carbocycles. The fourth-order valence-electron chi connectivity index (χ4n) is 2.99. The van der Waals surface area contributed by atoms with Gasteiger partial charge in [0, 0.05) is 26.1 Å². The summed E-state index contributed by atoms with van der Waals surface area (Å²) in [5.74, 6) is 2.00. The molecule has 94 valence electrons. The summed E-state index contributed by atoms with van der Waals surface area (Å²) in [5, 5.41) is 0. The monoisotopic (exact) mass is 226 g/mol. The largest absolute Gasteiger partial charge is 0.385 e. The van der Waals surface area contributed by atoms with Gasteiger partial charge in [-0.25, -0.2) is 0 Å². The first kappa shape index (κ1) is 13.7. The van der Waals surface area contributed by atoms with Crippen molar-refractivity contribution < 1.29 is 9.53 Å². The molecule has 0 aromatic heterocycles. The standard InChI is InChI=1S/C14H26O2/c1-4-5-6-13(15)14-11(2)7-8-12(14)9-10-16-3/h11-12,14H,4-10H2,1-3H3. The molecule has 16 heavy (non-hydrogen) atoms. The highest BCUT2D eigenvalue weighted by Crippen LogP contribution is 2.40. The zero-order valence-electron chi connectivity index (χ0n) is 11.0. The van der Waals surface area contributed by atoms with Crippen molar-refractivity contribution in [1.29, 1.82) is 0 Å². The molecule has 0 heterocycles. The molecule has 3 atom stereocenters. The maximum Gasteiger partial charge on any atom is 0.136 e. The topological polar surface area (TPSA) is 26.3 Å². The van der Waals surface area contributed by atoms with Crippen LogP contribution in [0.5, 0.6) is 0 Å². The third-order valence-corrected chi connectivity index (χ3v) is 3.95. The molecule has 2 heteroatoms. The summed E-state index contributed by atoms with van der Waals surface area (Å²) in [6.45, 7) is 5.18. The van der Waals surface area contributed by atoms with E-state index in [9.17, 15) is 4.79 Å². The van der Waals surface area contributed by atoms with Crippen LogP contribution in [0.1, 0.15) is 52.4 Å². The van der Waals surface area contributed by atoms with Gasteiger partial charge in [-0.05, 0) is 37.5 Å². The number of ether oxygens (including phenoxy) is 1. The molecule has 1 aliphatic rings. The van der Waals surface area contributed by atoms with E-state index in [0.717, 1.165) is 32.3 Å². The van der Waals surface area contributed by atoms with Crippen molar-refractivity contribution in [3.05, 3.63) is 0 Å². The van der Waals surface area contributed by atoms with Gasteiger partial charge in [-0.1, -0.05) is 20.3 Å². The second-order valence-corrected chi connectivity index (χ2v) is 5.19. The van der Waals surface area contributed by atoms with Gasteiger partial charge in [-0.3, -0.25) is 4.79 Å². The Morgan fingerprint density at radius 1 is 1.38 bits per heavy atom. The summed E-state index contributed by atoms with van der Waals surface area (Å²) in [4.78, 5) is 12.1. The SMILES string of the molecule is CCCCC(=O)C1C(C)CCC1CCOC. The lowest BCUT2D eigenvalue weighted by Gasteiger charge is -2.21. The van der Waals surface area contributed by atoms with Crippen LogP contribution in [0, 0.1) is 17.8 Å². The molecule has 0 N–H and O–H groups in total. The highest BCUT2D eigenvalue weighted by atomic mass is 16.5. The summed E-state index contributed by atoms with van der Waals surface area (Å²) in [6, 6.07) is 0. The fourth-order valence-corrected chi connectivity index (χ4v) is 2.99. The second kappa shape index (κ2) is 7.05. The predicted octanol–water partition coefficient (Wildman–Crippen LogP) is 3.44. The van der Waals surface area contributed by atoms with Crippen LogP contribution < -0.4 is 0 Å². The van der Waals surface area contributed by atoms with E-state index < -0.39 is 0 Å². The number of ketones is 1. The van der Waals surface area contributed by atoms with Gasteiger partial charge in [-0.2, -0.15) is 0 Å². The van der Waals surface area contributed by atoms with Crippen molar-refractivity contribution in [3.63, 3.8) is 0 Å². The number of carbonyl (C=O) groups is 1. The Bertz CT molecular complexity index is 213. The predicted molar refractivity (Wildman–Crippen MR) is 66.4 cm³/mol. The van der Waals surface area contributed by atoms with Gasteiger partial charge in [0.2, 0.25) is 0 Å². The maximum atomic E-state index is 12.1. The average Bonchev–Trinajstić information content (AvgIpc) is 2.64. The number of hydrogen-bond donors (Lipinski definition) is 0. The highest BCUT2D eigenvalue weighted by molar-refractivity contribution is 5.81. The molecule has 0 spiro atoms. The van der Waals surface area contributed by atoms with Crippen LogP contribution in [0.3, 0.4) is 0 Å². The summed E-state index contributed by atoms with van der Waals surface area (Å²) in [6.07, 6.45) is 6.46. The Morgan fingerprint density at radius 2 is 2.12 bits per heavy atom. The van der Waals surface area contributed by atoms with E-state index >= 15 is 0 Å². The van der Waals surface area contributed by atoms with E-state index in [0.29, 0.717) is 23.5 Å². The van der Waals surface area contributed by atoms with Crippen LogP contribution in [-0.4, -0.2) is 19.5 Å². The summed E-state index contributed by atoms with van der Waals surface area (Å²) < 4.78 is 5.14. The summed E-state index contributed by atoms with van der Waals surface area (Å²) in [7, 11) is 1.74. The Hall–Kier alpha value is -0.370. The van der Waals surface area contributed by atoms with E-state index in [-0.39, 0.29) is 0 Å². The maximum absolute atomic E-state index is 12.1.